The van der Waals surface area contributed by atoms with Crippen LogP contribution in [0.25, 0.3) is 0 Å². The van der Waals surface area contributed by atoms with E-state index in [1.807, 2.05) is 0 Å². The molecule has 0 saturated carbocycles. The SMILES string of the molecule is COC(=O)c1c(C)[nH]c(C(=O)C(C)OC(=O)c2ccc(C(F)(F)F)cc2)c1C. The van der Waals surface area contributed by atoms with Crippen LogP contribution >= 0.6 is 0 Å². The fourth-order valence-electron chi connectivity index (χ4n) is 2.69. The van der Waals surface area contributed by atoms with Crippen LogP contribution < -0.4 is 0 Å². The zero-order valence-electron chi connectivity index (χ0n) is 15.6. The first-order valence-electron chi connectivity index (χ1n) is 8.17. The number of hydrogen-bond acceptors (Lipinski definition) is 5. The Hall–Kier alpha value is -3.10. The highest BCUT2D eigenvalue weighted by molar-refractivity contribution is 6.04. The maximum Gasteiger partial charge on any atom is 0.416 e. The van der Waals surface area contributed by atoms with E-state index in [0.717, 1.165) is 24.3 Å². The van der Waals surface area contributed by atoms with Gasteiger partial charge in [-0.15, -0.1) is 0 Å². The summed E-state index contributed by atoms with van der Waals surface area (Å²) < 4.78 is 47.5. The third-order valence-electron chi connectivity index (χ3n) is 4.17. The lowest BCUT2D eigenvalue weighted by molar-refractivity contribution is -0.137. The lowest BCUT2D eigenvalue weighted by Gasteiger charge is -2.13. The van der Waals surface area contributed by atoms with Crippen molar-refractivity contribution in [3.63, 3.8) is 0 Å². The number of aromatic amines is 1. The predicted molar refractivity (Wildman–Crippen MR) is 92.3 cm³/mol. The highest BCUT2D eigenvalue weighted by atomic mass is 19.4. The van der Waals surface area contributed by atoms with Gasteiger partial charge in [-0.2, -0.15) is 13.2 Å². The third-order valence-corrected chi connectivity index (χ3v) is 4.17. The van der Waals surface area contributed by atoms with Gasteiger partial charge in [-0.1, -0.05) is 0 Å². The van der Waals surface area contributed by atoms with E-state index in [2.05, 4.69) is 9.72 Å². The molecule has 150 valence electrons. The molecule has 9 heteroatoms. The van der Waals surface area contributed by atoms with Gasteiger partial charge in [0.1, 0.15) is 0 Å². The molecule has 2 rings (SSSR count). The topological polar surface area (TPSA) is 85.5 Å². The van der Waals surface area contributed by atoms with Crippen molar-refractivity contribution in [1.82, 2.24) is 4.98 Å². The van der Waals surface area contributed by atoms with Crippen molar-refractivity contribution in [3.05, 3.63) is 57.9 Å². The third kappa shape index (κ3) is 4.24. The number of hydrogen-bond donors (Lipinski definition) is 1. The number of ketones is 1. The summed E-state index contributed by atoms with van der Waals surface area (Å²) in [7, 11) is 1.21. The lowest BCUT2D eigenvalue weighted by atomic mass is 10.1. The second kappa shape index (κ2) is 7.87. The van der Waals surface area contributed by atoms with Gasteiger partial charge in [0.05, 0.1) is 29.5 Å². The van der Waals surface area contributed by atoms with E-state index in [0.29, 0.717) is 11.3 Å². The fourth-order valence-corrected chi connectivity index (χ4v) is 2.69. The Labute approximate surface area is 158 Å². The molecule has 1 heterocycles. The minimum absolute atomic E-state index is 0.0885. The van der Waals surface area contributed by atoms with Gasteiger partial charge in [-0.05, 0) is 50.6 Å². The van der Waals surface area contributed by atoms with Gasteiger partial charge in [-0.3, -0.25) is 4.79 Å². The van der Waals surface area contributed by atoms with Gasteiger partial charge in [0.25, 0.3) is 0 Å². The number of rotatable bonds is 5. The summed E-state index contributed by atoms with van der Waals surface area (Å²) in [6, 6.07) is 3.46. The first-order chi connectivity index (χ1) is 13.0. The molecule has 0 amide bonds. The molecule has 0 bridgehead atoms. The molecular weight excluding hydrogens is 379 g/mol. The largest absolute Gasteiger partial charge is 0.465 e. The number of Topliss-reactive ketones (excluding diaryl/α,β-unsaturated/α-hetero) is 1. The number of esters is 2. The van der Waals surface area contributed by atoms with Crippen LogP contribution in [0.1, 0.15) is 54.9 Å². The van der Waals surface area contributed by atoms with Crippen molar-refractivity contribution < 1.29 is 37.0 Å². The summed E-state index contributed by atoms with van der Waals surface area (Å²) in [5, 5.41) is 0. The van der Waals surface area contributed by atoms with Gasteiger partial charge < -0.3 is 14.5 Å². The number of carbonyl (C=O) groups is 3. The van der Waals surface area contributed by atoms with E-state index in [1.54, 1.807) is 13.8 Å². The Morgan fingerprint density at radius 3 is 2.11 bits per heavy atom. The fraction of sp³-hybridized carbons (Fsp3) is 0.316. The lowest BCUT2D eigenvalue weighted by Crippen LogP contribution is -2.25. The summed E-state index contributed by atoms with van der Waals surface area (Å²) in [5.41, 5.74) is 0.0572. The first-order valence-corrected chi connectivity index (χ1v) is 8.17. The molecule has 0 saturated heterocycles. The van der Waals surface area contributed by atoms with E-state index < -0.39 is 35.6 Å². The molecule has 1 unspecified atom stereocenters. The second-order valence-corrected chi connectivity index (χ2v) is 6.10. The molecule has 2 aromatic rings. The van der Waals surface area contributed by atoms with Crippen LogP contribution in [0.3, 0.4) is 0 Å². The average molecular weight is 397 g/mol. The second-order valence-electron chi connectivity index (χ2n) is 6.10. The number of methoxy groups -OCH3 is 1. The number of nitrogens with one attached hydrogen (secondary N) is 1. The van der Waals surface area contributed by atoms with E-state index >= 15 is 0 Å². The highest BCUT2D eigenvalue weighted by Gasteiger charge is 2.31. The van der Waals surface area contributed by atoms with Gasteiger partial charge in [-0.25, -0.2) is 9.59 Å². The molecule has 0 aliphatic heterocycles. The number of alkyl halides is 3. The molecule has 6 nitrogen and oxygen atoms in total. The molecule has 0 aliphatic rings. The highest BCUT2D eigenvalue weighted by Crippen LogP contribution is 2.29. The van der Waals surface area contributed by atoms with E-state index in [4.69, 9.17) is 4.74 Å². The summed E-state index contributed by atoms with van der Waals surface area (Å²) in [6.45, 7) is 4.47. The van der Waals surface area contributed by atoms with Gasteiger partial charge in [0, 0.05) is 5.69 Å². The number of halogens is 3. The molecule has 28 heavy (non-hydrogen) atoms. The van der Waals surface area contributed by atoms with Crippen LogP contribution in [0.2, 0.25) is 0 Å². The number of benzene rings is 1. The molecule has 0 spiro atoms. The molecule has 0 radical (unpaired) electrons. The van der Waals surface area contributed by atoms with Gasteiger partial charge in [0.2, 0.25) is 5.78 Å². The minimum Gasteiger partial charge on any atom is -0.465 e. The molecule has 1 aromatic carbocycles. The number of ether oxygens (including phenoxy) is 2. The zero-order valence-corrected chi connectivity index (χ0v) is 15.6. The number of H-pyrrole nitrogens is 1. The number of aromatic nitrogens is 1. The van der Waals surface area contributed by atoms with Crippen molar-refractivity contribution in [2.24, 2.45) is 0 Å². The van der Waals surface area contributed by atoms with Crippen LogP contribution in [0.5, 0.6) is 0 Å². The smallest absolute Gasteiger partial charge is 0.416 e. The van der Waals surface area contributed by atoms with Crippen molar-refractivity contribution in [1.29, 1.82) is 0 Å². The predicted octanol–water partition coefficient (Wildman–Crippen LogP) is 3.87. The molecule has 1 aromatic heterocycles. The van der Waals surface area contributed by atoms with E-state index in [9.17, 15) is 27.6 Å². The van der Waals surface area contributed by atoms with E-state index in [-0.39, 0.29) is 16.8 Å². The normalized spacial score (nSPS) is 12.4. The van der Waals surface area contributed by atoms with Crippen LogP contribution in [-0.2, 0) is 15.7 Å². The maximum atomic E-state index is 12.6. The number of aryl methyl sites for hydroxylation is 1. The Bertz CT molecular complexity index is 913. The van der Waals surface area contributed by atoms with Gasteiger partial charge >= 0.3 is 18.1 Å². The summed E-state index contributed by atoms with van der Waals surface area (Å²) in [5.74, 6) is -2.14. The summed E-state index contributed by atoms with van der Waals surface area (Å²) in [4.78, 5) is 39.3. The monoisotopic (exact) mass is 397 g/mol. The van der Waals surface area contributed by atoms with Crippen molar-refractivity contribution in [3.8, 4) is 0 Å². The average Bonchev–Trinajstić information content (AvgIpc) is 2.94. The van der Waals surface area contributed by atoms with Crippen molar-refractivity contribution in [2.45, 2.75) is 33.1 Å². The quantitative estimate of drug-likeness (QED) is 0.612. The van der Waals surface area contributed by atoms with Crippen LogP contribution in [0.4, 0.5) is 13.2 Å². The Morgan fingerprint density at radius 2 is 1.61 bits per heavy atom. The standard InChI is InChI=1S/C19H18F3NO5/c1-9-14(18(26)27-4)10(2)23-15(9)16(24)11(3)28-17(25)12-5-7-13(8-6-12)19(20,21)22/h5-8,11,23H,1-4H3. The van der Waals surface area contributed by atoms with Crippen molar-refractivity contribution in [2.75, 3.05) is 7.11 Å². The zero-order chi connectivity index (χ0) is 21.2. The first kappa shape index (κ1) is 21.2. The van der Waals surface area contributed by atoms with Crippen molar-refractivity contribution >= 4 is 17.7 Å². The molecule has 1 N–H and O–H groups in total. The number of carbonyl (C=O) groups excluding carboxylic acids is 3. The summed E-state index contributed by atoms with van der Waals surface area (Å²) in [6.07, 6.45) is -5.75. The Morgan fingerprint density at radius 1 is 1.04 bits per heavy atom. The minimum atomic E-state index is -4.52. The Balaban J connectivity index is 2.16. The van der Waals surface area contributed by atoms with Crippen LogP contribution in [0, 0.1) is 13.8 Å². The van der Waals surface area contributed by atoms with Gasteiger partial charge in [0.15, 0.2) is 6.10 Å². The molecule has 0 aliphatic carbocycles. The molecular formula is C19H18F3NO5. The summed E-state index contributed by atoms with van der Waals surface area (Å²) >= 11 is 0. The van der Waals surface area contributed by atoms with Crippen LogP contribution in [-0.4, -0.2) is 35.9 Å². The van der Waals surface area contributed by atoms with E-state index in [1.165, 1.54) is 14.0 Å². The maximum absolute atomic E-state index is 12.6. The molecule has 0 fully saturated rings. The Kier molecular flexibility index (Phi) is 5.96. The van der Waals surface area contributed by atoms with Crippen LogP contribution in [0.15, 0.2) is 24.3 Å². The molecule has 1 atom stereocenters.